The third-order valence-corrected chi connectivity index (χ3v) is 3.67. The molecule has 3 N–H and O–H groups in total. The number of unbranched alkanes of at least 4 members (excludes halogenated alkanes) is 3. The first-order valence-electron chi connectivity index (χ1n) is 8.10. The van der Waals surface area contributed by atoms with E-state index in [1.807, 2.05) is 6.92 Å². The maximum atomic E-state index is 12.7. The lowest BCUT2D eigenvalue weighted by molar-refractivity contribution is -0.154. The number of hydroxylamine groups is 2. The van der Waals surface area contributed by atoms with Gasteiger partial charge in [-0.2, -0.15) is 13.2 Å². The third-order valence-electron chi connectivity index (χ3n) is 3.67. The lowest BCUT2D eigenvalue weighted by Crippen LogP contribution is -2.46. The molecule has 1 aromatic rings. The third kappa shape index (κ3) is 6.56. The summed E-state index contributed by atoms with van der Waals surface area (Å²) in [5.41, 5.74) is -1.23. The van der Waals surface area contributed by atoms with Crippen LogP contribution < -0.4 is 10.9 Å². The zero-order valence-corrected chi connectivity index (χ0v) is 14.3. The average Bonchev–Trinajstić information content (AvgIpc) is 2.62. The molecule has 0 fully saturated rings. The fourth-order valence-electron chi connectivity index (χ4n) is 2.30. The summed E-state index contributed by atoms with van der Waals surface area (Å²) in [5.74, 6) is 3.30. The summed E-state index contributed by atoms with van der Waals surface area (Å²) >= 11 is 0. The van der Waals surface area contributed by atoms with Crippen LogP contribution in [0.5, 0.6) is 0 Å². The molecule has 146 valence electrons. The number of hydrogen-bond acceptors (Lipinski definition) is 6. The predicted octanol–water partition coefficient (Wildman–Crippen LogP) is 2.14. The Hall–Kier alpha value is -2.27. The van der Waals surface area contributed by atoms with Crippen LogP contribution in [0, 0.1) is 5.92 Å². The largest absolute Gasteiger partial charge is 0.433 e. The Balaban J connectivity index is 2.92. The van der Waals surface area contributed by atoms with Gasteiger partial charge in [0, 0.05) is 6.20 Å². The summed E-state index contributed by atoms with van der Waals surface area (Å²) in [5, 5.41) is 10.1. The number of halogens is 3. The van der Waals surface area contributed by atoms with Crippen LogP contribution in [0.1, 0.15) is 44.7 Å². The molecule has 0 bridgehead atoms. The van der Waals surface area contributed by atoms with Gasteiger partial charge in [0.25, 0.3) is 0 Å². The second kappa shape index (κ2) is 10.0. The van der Waals surface area contributed by atoms with Gasteiger partial charge in [-0.1, -0.05) is 32.6 Å². The summed E-state index contributed by atoms with van der Waals surface area (Å²) in [7, 11) is 0. The highest BCUT2D eigenvalue weighted by Gasteiger charge is 2.34. The van der Waals surface area contributed by atoms with E-state index in [-0.39, 0.29) is 13.0 Å². The van der Waals surface area contributed by atoms with Crippen molar-refractivity contribution >= 4 is 18.3 Å². The van der Waals surface area contributed by atoms with Crippen molar-refractivity contribution in [2.24, 2.45) is 11.8 Å². The summed E-state index contributed by atoms with van der Waals surface area (Å²) in [4.78, 5) is 30.0. The first kappa shape index (κ1) is 21.8. The first-order chi connectivity index (χ1) is 12.2. The van der Waals surface area contributed by atoms with E-state index in [0.29, 0.717) is 29.0 Å². The summed E-state index contributed by atoms with van der Waals surface area (Å²) in [6.45, 7) is 1.68. The highest BCUT2D eigenvalue weighted by Crippen LogP contribution is 2.28. The molecular weight excluding hydrogens is 355 g/mol. The number of anilines is 1. The summed E-state index contributed by atoms with van der Waals surface area (Å²) in [6, 6.07) is 0.659. The van der Waals surface area contributed by atoms with Gasteiger partial charge in [-0.15, -0.1) is 0 Å². The maximum absolute atomic E-state index is 12.7. The van der Waals surface area contributed by atoms with Gasteiger partial charge < -0.3 is 0 Å². The van der Waals surface area contributed by atoms with E-state index in [0.717, 1.165) is 25.5 Å². The number of alkyl halides is 3. The molecule has 8 nitrogen and oxygen atoms in total. The number of hydrogen-bond donors (Lipinski definition) is 2. The van der Waals surface area contributed by atoms with E-state index < -0.39 is 29.6 Å². The number of carbonyl (C=O) groups is 2. The van der Waals surface area contributed by atoms with Crippen molar-refractivity contribution in [2.45, 2.75) is 45.2 Å². The second-order valence-corrected chi connectivity index (χ2v) is 5.72. The molecule has 1 atom stereocenters. The number of aromatic nitrogens is 2. The fraction of sp³-hybridized carbons (Fsp3) is 0.600. The molecule has 0 radical (unpaired) electrons. The van der Waals surface area contributed by atoms with Gasteiger partial charge >= 0.3 is 6.18 Å². The van der Waals surface area contributed by atoms with Gasteiger partial charge in [0.1, 0.15) is 5.69 Å². The lowest BCUT2D eigenvalue weighted by Gasteiger charge is -2.23. The Morgan fingerprint density at radius 2 is 2.08 bits per heavy atom. The van der Waals surface area contributed by atoms with Crippen molar-refractivity contribution in [2.75, 3.05) is 11.6 Å². The molecule has 0 spiro atoms. The molecule has 1 heterocycles. The standard InChI is InChI=1S/C15H22F3N5O3/c1-2-3-4-5-6-11(9-22(26)10-24)13(25)23(19)14-20-8-7-12(21-14)15(16,17)18/h7-8,10-11,26H,2-6,9,19H2,1H3/t11-/m1/s1. The van der Waals surface area contributed by atoms with Crippen LogP contribution >= 0.6 is 0 Å². The molecule has 0 saturated heterocycles. The first-order valence-corrected chi connectivity index (χ1v) is 8.10. The van der Waals surface area contributed by atoms with E-state index >= 15 is 0 Å². The molecule has 1 rings (SSSR count). The fourth-order valence-corrected chi connectivity index (χ4v) is 2.30. The van der Waals surface area contributed by atoms with E-state index in [9.17, 15) is 28.0 Å². The zero-order valence-electron chi connectivity index (χ0n) is 14.3. The van der Waals surface area contributed by atoms with Crippen molar-refractivity contribution in [3.05, 3.63) is 18.0 Å². The number of hydrazine groups is 1. The van der Waals surface area contributed by atoms with Crippen LogP contribution in [0.2, 0.25) is 0 Å². The molecule has 0 unspecified atom stereocenters. The molecule has 26 heavy (non-hydrogen) atoms. The highest BCUT2D eigenvalue weighted by atomic mass is 19.4. The molecule has 2 amide bonds. The smallest absolute Gasteiger partial charge is 0.286 e. The van der Waals surface area contributed by atoms with Crippen LogP contribution in [-0.4, -0.2) is 39.1 Å². The minimum Gasteiger partial charge on any atom is -0.286 e. The molecule has 11 heteroatoms. The quantitative estimate of drug-likeness (QED) is 0.161. The lowest BCUT2D eigenvalue weighted by atomic mass is 9.99. The van der Waals surface area contributed by atoms with Gasteiger partial charge in [0.15, 0.2) is 0 Å². The topological polar surface area (TPSA) is 113 Å². The normalized spacial score (nSPS) is 12.5. The average molecular weight is 377 g/mol. The van der Waals surface area contributed by atoms with Gasteiger partial charge in [-0.25, -0.2) is 25.9 Å². The van der Waals surface area contributed by atoms with Crippen LogP contribution in [0.4, 0.5) is 19.1 Å². The van der Waals surface area contributed by atoms with Crippen LogP contribution in [0.3, 0.4) is 0 Å². The predicted molar refractivity (Wildman–Crippen MR) is 85.5 cm³/mol. The van der Waals surface area contributed by atoms with E-state index in [1.165, 1.54) is 0 Å². The number of amides is 2. The molecule has 0 aliphatic rings. The number of nitrogens with zero attached hydrogens (tertiary/aromatic N) is 4. The van der Waals surface area contributed by atoms with Gasteiger partial charge in [0.2, 0.25) is 18.3 Å². The second-order valence-electron chi connectivity index (χ2n) is 5.72. The highest BCUT2D eigenvalue weighted by molar-refractivity contribution is 5.92. The molecular formula is C15H22F3N5O3. The maximum Gasteiger partial charge on any atom is 0.433 e. The number of nitrogens with two attached hydrogens (primary N) is 1. The zero-order chi connectivity index (χ0) is 19.7. The Labute approximate surface area is 148 Å². The molecule has 0 aromatic carbocycles. The van der Waals surface area contributed by atoms with E-state index in [1.54, 1.807) is 0 Å². The molecule has 1 aromatic heterocycles. The van der Waals surface area contributed by atoms with E-state index in [4.69, 9.17) is 5.84 Å². The van der Waals surface area contributed by atoms with E-state index in [2.05, 4.69) is 9.97 Å². The number of carbonyl (C=O) groups excluding carboxylic acids is 2. The monoisotopic (exact) mass is 377 g/mol. The van der Waals surface area contributed by atoms with Crippen LogP contribution in [0.15, 0.2) is 12.3 Å². The Morgan fingerprint density at radius 1 is 1.38 bits per heavy atom. The minimum absolute atomic E-state index is 0.133. The van der Waals surface area contributed by atoms with Crippen molar-refractivity contribution in [1.82, 2.24) is 15.0 Å². The van der Waals surface area contributed by atoms with Crippen molar-refractivity contribution < 1.29 is 28.0 Å². The van der Waals surface area contributed by atoms with Crippen LogP contribution in [0.25, 0.3) is 0 Å². The van der Waals surface area contributed by atoms with Gasteiger partial charge in [-0.05, 0) is 12.5 Å². The van der Waals surface area contributed by atoms with Gasteiger partial charge in [0.05, 0.1) is 12.5 Å². The molecule has 0 aliphatic carbocycles. The van der Waals surface area contributed by atoms with Crippen molar-refractivity contribution in [1.29, 1.82) is 0 Å². The molecule has 0 saturated carbocycles. The Morgan fingerprint density at radius 3 is 2.65 bits per heavy atom. The Kier molecular flexibility index (Phi) is 8.39. The van der Waals surface area contributed by atoms with Gasteiger partial charge in [-0.3, -0.25) is 14.8 Å². The Bertz CT molecular complexity index is 600. The van der Waals surface area contributed by atoms with Crippen LogP contribution in [-0.2, 0) is 15.8 Å². The molecule has 0 aliphatic heterocycles. The van der Waals surface area contributed by atoms with Crippen molar-refractivity contribution in [3.8, 4) is 0 Å². The van der Waals surface area contributed by atoms with Crippen molar-refractivity contribution in [3.63, 3.8) is 0 Å². The SMILES string of the molecule is CCCCCC[C@H](CN(O)C=O)C(=O)N(N)c1nccc(C(F)(F)F)n1. The summed E-state index contributed by atoms with van der Waals surface area (Å²) in [6.07, 6.45) is -0.0461. The summed E-state index contributed by atoms with van der Waals surface area (Å²) < 4.78 is 38.2. The minimum atomic E-state index is -4.71. The number of rotatable bonds is 10.